The topological polar surface area (TPSA) is 118 Å². The Kier molecular flexibility index (Phi) is 6.94. The Labute approximate surface area is 199 Å². The van der Waals surface area contributed by atoms with E-state index in [4.69, 9.17) is 15.0 Å². The fourth-order valence-corrected chi connectivity index (χ4v) is 4.26. The molecule has 8 heteroatoms. The highest BCUT2D eigenvalue weighted by molar-refractivity contribution is 5.77. The largest absolute Gasteiger partial charge is 0.490 e. The van der Waals surface area contributed by atoms with E-state index in [-0.39, 0.29) is 12.0 Å². The Morgan fingerprint density at radius 2 is 2.15 bits per heavy atom. The summed E-state index contributed by atoms with van der Waals surface area (Å²) in [6.45, 7) is 7.72. The molecule has 4 rings (SSSR count). The molecule has 1 aliphatic rings. The van der Waals surface area contributed by atoms with Crippen LogP contribution in [-0.2, 0) is 17.8 Å². The third-order valence-electron chi connectivity index (χ3n) is 6.01. The van der Waals surface area contributed by atoms with Gasteiger partial charge in [-0.2, -0.15) is 10.2 Å². The van der Waals surface area contributed by atoms with E-state index in [0.717, 1.165) is 23.1 Å². The fraction of sp³-hybridized carbons (Fsp3) is 0.385. The lowest BCUT2D eigenvalue weighted by atomic mass is 9.91. The molecule has 0 saturated heterocycles. The third kappa shape index (κ3) is 4.80. The number of carbonyl (C=O) groups is 1. The first-order valence-electron chi connectivity index (χ1n) is 11.6. The normalized spacial score (nSPS) is 13.0. The van der Waals surface area contributed by atoms with Crippen molar-refractivity contribution in [3.05, 3.63) is 52.6 Å². The van der Waals surface area contributed by atoms with Crippen molar-refractivity contribution in [2.75, 3.05) is 13.1 Å². The number of carbonyl (C=O) groups excluding carboxylic acids is 1. The number of amides is 1. The number of fused-ring (bicyclic) bond motifs is 1. The molecule has 0 atom stereocenters. The second kappa shape index (κ2) is 10.1. The molecule has 34 heavy (non-hydrogen) atoms. The predicted octanol–water partition coefficient (Wildman–Crippen LogP) is 3.99. The van der Waals surface area contributed by atoms with Gasteiger partial charge in [-0.15, -0.1) is 0 Å². The van der Waals surface area contributed by atoms with E-state index in [9.17, 15) is 10.1 Å². The van der Waals surface area contributed by atoms with Crippen LogP contribution in [0.1, 0.15) is 48.9 Å². The molecular formula is C26H29N5O3. The Hall–Kier alpha value is -3.70. The van der Waals surface area contributed by atoms with Crippen LogP contribution >= 0.6 is 0 Å². The molecule has 2 aromatic carbocycles. The van der Waals surface area contributed by atoms with Gasteiger partial charge in [-0.05, 0) is 75.0 Å². The quantitative estimate of drug-likeness (QED) is 0.567. The van der Waals surface area contributed by atoms with Gasteiger partial charge in [-0.1, -0.05) is 17.3 Å². The number of nitrogens with zero attached hydrogens (tertiary/aromatic N) is 4. The van der Waals surface area contributed by atoms with Crippen molar-refractivity contribution in [2.24, 2.45) is 5.73 Å². The maximum atomic E-state index is 12.4. The molecule has 0 unspecified atom stereocenters. The van der Waals surface area contributed by atoms with Crippen molar-refractivity contribution in [1.29, 1.82) is 5.26 Å². The zero-order valence-electron chi connectivity index (χ0n) is 19.8. The highest BCUT2D eigenvalue weighted by Gasteiger charge is 2.24. The van der Waals surface area contributed by atoms with Gasteiger partial charge in [0.05, 0.1) is 11.7 Å². The van der Waals surface area contributed by atoms with Gasteiger partial charge in [0.1, 0.15) is 11.8 Å². The van der Waals surface area contributed by atoms with E-state index in [2.05, 4.69) is 23.1 Å². The van der Waals surface area contributed by atoms with E-state index in [0.29, 0.717) is 61.1 Å². The molecule has 0 radical (unpaired) electrons. The monoisotopic (exact) mass is 459 g/mol. The second-order valence-corrected chi connectivity index (χ2v) is 8.75. The van der Waals surface area contributed by atoms with Crippen molar-refractivity contribution in [1.82, 2.24) is 15.0 Å². The lowest BCUT2D eigenvalue weighted by molar-refractivity contribution is -0.132. The van der Waals surface area contributed by atoms with Crippen LogP contribution in [0, 0.1) is 18.3 Å². The summed E-state index contributed by atoms with van der Waals surface area (Å²) in [5.74, 6) is 1.53. The highest BCUT2D eigenvalue weighted by atomic mass is 16.5. The van der Waals surface area contributed by atoms with Crippen LogP contribution in [-0.4, -0.2) is 40.1 Å². The van der Waals surface area contributed by atoms with E-state index in [1.165, 1.54) is 5.56 Å². The molecule has 0 fully saturated rings. The summed E-state index contributed by atoms with van der Waals surface area (Å²) in [6, 6.07) is 11.5. The summed E-state index contributed by atoms with van der Waals surface area (Å²) >= 11 is 0. The second-order valence-electron chi connectivity index (χ2n) is 8.75. The molecule has 1 amide bonds. The van der Waals surface area contributed by atoms with Crippen LogP contribution in [0.4, 0.5) is 0 Å². The molecule has 3 aromatic rings. The minimum atomic E-state index is -0.0314. The van der Waals surface area contributed by atoms with Crippen LogP contribution in [0.5, 0.6) is 5.75 Å². The molecule has 8 nitrogen and oxygen atoms in total. The average Bonchev–Trinajstić information content (AvgIpc) is 3.32. The van der Waals surface area contributed by atoms with Crippen LogP contribution < -0.4 is 10.5 Å². The van der Waals surface area contributed by atoms with Crippen LogP contribution in [0.15, 0.2) is 34.9 Å². The first-order valence-corrected chi connectivity index (χ1v) is 11.6. The maximum absolute atomic E-state index is 12.4. The van der Waals surface area contributed by atoms with Gasteiger partial charge in [0.2, 0.25) is 11.7 Å². The van der Waals surface area contributed by atoms with Crippen molar-refractivity contribution < 1.29 is 14.1 Å². The van der Waals surface area contributed by atoms with Crippen molar-refractivity contribution in [3.8, 4) is 34.7 Å². The number of rotatable bonds is 7. The molecule has 176 valence electrons. The standard InChI is InChI=1S/C26H29N5O3/c1-16(2)33-23-9-7-18(13-20(23)14-28)26-29-25(30-34-26)22-8-6-19-15-31(24(32)5-4-11-27)12-10-21(19)17(22)3/h6-9,13,16H,4-5,10-12,15,27H2,1-3H3. The molecule has 1 aliphatic heterocycles. The number of hydrogen-bond donors (Lipinski definition) is 1. The number of nitrogens with two attached hydrogens (primary N) is 1. The number of hydrogen-bond acceptors (Lipinski definition) is 7. The van der Waals surface area contributed by atoms with Crippen molar-refractivity contribution in [2.45, 2.75) is 52.7 Å². The minimum Gasteiger partial charge on any atom is -0.490 e. The van der Waals surface area contributed by atoms with Gasteiger partial charge < -0.3 is 19.9 Å². The van der Waals surface area contributed by atoms with Gasteiger partial charge in [0.25, 0.3) is 5.89 Å². The summed E-state index contributed by atoms with van der Waals surface area (Å²) < 4.78 is 11.2. The molecule has 0 bridgehead atoms. The zero-order valence-corrected chi connectivity index (χ0v) is 19.8. The number of aromatic nitrogens is 2. The first-order chi connectivity index (χ1) is 16.4. The average molecular weight is 460 g/mol. The van der Waals surface area contributed by atoms with Gasteiger partial charge >= 0.3 is 0 Å². The summed E-state index contributed by atoms with van der Waals surface area (Å²) in [6.07, 6.45) is 1.96. The fourth-order valence-electron chi connectivity index (χ4n) is 4.26. The molecule has 2 N–H and O–H groups in total. The Morgan fingerprint density at radius 3 is 2.88 bits per heavy atom. The van der Waals surface area contributed by atoms with E-state index in [1.807, 2.05) is 36.9 Å². The Balaban J connectivity index is 1.57. The smallest absolute Gasteiger partial charge is 0.258 e. The number of nitriles is 1. The van der Waals surface area contributed by atoms with Crippen LogP contribution in [0.25, 0.3) is 22.8 Å². The van der Waals surface area contributed by atoms with Crippen molar-refractivity contribution in [3.63, 3.8) is 0 Å². The molecule has 0 saturated carbocycles. The van der Waals surface area contributed by atoms with E-state index < -0.39 is 0 Å². The van der Waals surface area contributed by atoms with E-state index in [1.54, 1.807) is 12.1 Å². The minimum absolute atomic E-state index is 0.0314. The van der Waals surface area contributed by atoms with Crippen LogP contribution in [0.3, 0.4) is 0 Å². The summed E-state index contributed by atoms with van der Waals surface area (Å²) in [5, 5.41) is 13.7. The lowest BCUT2D eigenvalue weighted by Crippen LogP contribution is -2.36. The zero-order chi connectivity index (χ0) is 24.2. The number of ether oxygens (including phenoxy) is 1. The summed E-state index contributed by atoms with van der Waals surface area (Å²) in [5.41, 5.74) is 11.0. The Bertz CT molecular complexity index is 1240. The summed E-state index contributed by atoms with van der Waals surface area (Å²) in [7, 11) is 0. The molecular weight excluding hydrogens is 430 g/mol. The first kappa shape index (κ1) is 23.5. The van der Waals surface area contributed by atoms with Gasteiger partial charge in [0, 0.05) is 30.6 Å². The predicted molar refractivity (Wildman–Crippen MR) is 128 cm³/mol. The highest BCUT2D eigenvalue weighted by Crippen LogP contribution is 2.32. The van der Waals surface area contributed by atoms with Gasteiger partial charge in [0.15, 0.2) is 0 Å². The Morgan fingerprint density at radius 1 is 1.32 bits per heavy atom. The summed E-state index contributed by atoms with van der Waals surface area (Å²) in [4.78, 5) is 18.9. The van der Waals surface area contributed by atoms with Crippen molar-refractivity contribution >= 4 is 5.91 Å². The molecule has 0 aliphatic carbocycles. The van der Waals surface area contributed by atoms with Gasteiger partial charge in [-0.3, -0.25) is 4.79 Å². The number of benzene rings is 2. The lowest BCUT2D eigenvalue weighted by Gasteiger charge is -2.30. The molecule has 0 spiro atoms. The van der Waals surface area contributed by atoms with E-state index >= 15 is 0 Å². The maximum Gasteiger partial charge on any atom is 0.258 e. The SMILES string of the molecule is Cc1c(-c2noc(-c3ccc(OC(C)C)c(C#N)c3)n2)ccc2c1CCN(C(=O)CCCN)C2. The van der Waals surface area contributed by atoms with Crippen LogP contribution in [0.2, 0.25) is 0 Å². The van der Waals surface area contributed by atoms with Gasteiger partial charge in [-0.25, -0.2) is 0 Å². The third-order valence-corrected chi connectivity index (χ3v) is 6.01. The molecule has 1 aromatic heterocycles. The molecule has 2 heterocycles.